The van der Waals surface area contributed by atoms with E-state index in [1.165, 1.54) is 0 Å². The standard InChI is InChI=1S/C13H26O3/c1-4-7-10-15-13(12-14,9-6-3)16-11-8-5-2/h12H,4-11H2,1-3H3. The summed E-state index contributed by atoms with van der Waals surface area (Å²) in [5.41, 5.74) is 0. The Hall–Kier alpha value is -0.410. The molecule has 0 aromatic rings. The molecule has 0 spiro atoms. The molecule has 0 unspecified atom stereocenters. The number of ether oxygens (including phenoxy) is 2. The highest BCUT2D eigenvalue weighted by molar-refractivity contribution is 5.60. The van der Waals surface area contributed by atoms with Crippen LogP contribution in [0.25, 0.3) is 0 Å². The first kappa shape index (κ1) is 15.6. The van der Waals surface area contributed by atoms with Crippen LogP contribution in [-0.4, -0.2) is 25.3 Å². The monoisotopic (exact) mass is 230 g/mol. The fraction of sp³-hybridized carbons (Fsp3) is 0.923. The average Bonchev–Trinajstić information content (AvgIpc) is 2.29. The van der Waals surface area contributed by atoms with Crippen LogP contribution in [0.4, 0.5) is 0 Å². The van der Waals surface area contributed by atoms with Gasteiger partial charge >= 0.3 is 0 Å². The Morgan fingerprint density at radius 1 is 0.938 bits per heavy atom. The maximum Gasteiger partial charge on any atom is 0.225 e. The van der Waals surface area contributed by atoms with Crippen molar-refractivity contribution in [3.05, 3.63) is 0 Å². The topological polar surface area (TPSA) is 35.5 Å². The van der Waals surface area contributed by atoms with Crippen molar-refractivity contribution in [3.63, 3.8) is 0 Å². The Labute approximate surface area is 99.5 Å². The normalized spacial score (nSPS) is 11.7. The molecule has 0 fully saturated rings. The summed E-state index contributed by atoms with van der Waals surface area (Å²) >= 11 is 0. The lowest BCUT2D eigenvalue weighted by atomic mass is 10.1. The molecule has 0 heterocycles. The largest absolute Gasteiger partial charge is 0.344 e. The van der Waals surface area contributed by atoms with Crippen LogP contribution in [0.5, 0.6) is 0 Å². The van der Waals surface area contributed by atoms with Gasteiger partial charge in [-0.2, -0.15) is 0 Å². The van der Waals surface area contributed by atoms with Crippen molar-refractivity contribution in [2.75, 3.05) is 13.2 Å². The summed E-state index contributed by atoms with van der Waals surface area (Å²) in [6.45, 7) is 7.43. The molecule has 3 nitrogen and oxygen atoms in total. The third-order valence-corrected chi connectivity index (χ3v) is 2.47. The lowest BCUT2D eigenvalue weighted by Crippen LogP contribution is -2.38. The smallest absolute Gasteiger partial charge is 0.225 e. The Kier molecular flexibility index (Phi) is 9.54. The zero-order valence-electron chi connectivity index (χ0n) is 11.0. The van der Waals surface area contributed by atoms with Crippen molar-refractivity contribution >= 4 is 6.29 Å². The molecule has 0 atom stereocenters. The van der Waals surface area contributed by atoms with E-state index >= 15 is 0 Å². The number of carbonyl (C=O) groups is 1. The minimum Gasteiger partial charge on any atom is -0.344 e. The van der Waals surface area contributed by atoms with E-state index in [1.54, 1.807) is 0 Å². The first-order chi connectivity index (χ1) is 7.74. The molecule has 96 valence electrons. The number of hydrogen-bond donors (Lipinski definition) is 0. The number of hydrogen-bond acceptors (Lipinski definition) is 3. The third kappa shape index (κ3) is 6.23. The van der Waals surface area contributed by atoms with E-state index in [-0.39, 0.29) is 0 Å². The Morgan fingerprint density at radius 2 is 1.44 bits per heavy atom. The van der Waals surface area contributed by atoms with Crippen molar-refractivity contribution < 1.29 is 14.3 Å². The summed E-state index contributed by atoms with van der Waals surface area (Å²) in [4.78, 5) is 11.2. The van der Waals surface area contributed by atoms with Crippen LogP contribution in [-0.2, 0) is 14.3 Å². The SMILES string of the molecule is CCCCOC(C=O)(CCC)OCCCC. The van der Waals surface area contributed by atoms with Gasteiger partial charge in [0.15, 0.2) is 6.29 Å². The molecule has 0 N–H and O–H groups in total. The van der Waals surface area contributed by atoms with E-state index in [0.29, 0.717) is 19.6 Å². The average molecular weight is 230 g/mol. The van der Waals surface area contributed by atoms with E-state index in [1.807, 2.05) is 6.92 Å². The highest BCUT2D eigenvalue weighted by atomic mass is 16.7. The number of aldehydes is 1. The van der Waals surface area contributed by atoms with Crippen molar-refractivity contribution in [3.8, 4) is 0 Å². The highest BCUT2D eigenvalue weighted by Gasteiger charge is 2.30. The van der Waals surface area contributed by atoms with Crippen LogP contribution in [0.3, 0.4) is 0 Å². The molecule has 0 aromatic carbocycles. The third-order valence-electron chi connectivity index (χ3n) is 2.47. The van der Waals surface area contributed by atoms with Crippen molar-refractivity contribution in [2.45, 2.75) is 65.1 Å². The lowest BCUT2D eigenvalue weighted by molar-refractivity contribution is -0.223. The summed E-state index contributed by atoms with van der Waals surface area (Å²) in [5, 5.41) is 0. The number of unbranched alkanes of at least 4 members (excludes halogenated alkanes) is 2. The number of carbonyl (C=O) groups excluding carboxylic acids is 1. The molecule has 0 saturated heterocycles. The van der Waals surface area contributed by atoms with Gasteiger partial charge in [-0.3, -0.25) is 4.79 Å². The molecule has 16 heavy (non-hydrogen) atoms. The Morgan fingerprint density at radius 3 is 1.75 bits per heavy atom. The minimum atomic E-state index is -0.987. The summed E-state index contributed by atoms with van der Waals surface area (Å²) in [6.07, 6.45) is 6.42. The number of rotatable bonds is 11. The second-order valence-electron chi connectivity index (χ2n) is 4.08. The predicted molar refractivity (Wildman–Crippen MR) is 65.4 cm³/mol. The van der Waals surface area contributed by atoms with Gasteiger partial charge in [-0.05, 0) is 12.8 Å². The quantitative estimate of drug-likeness (QED) is 0.310. The second-order valence-corrected chi connectivity index (χ2v) is 4.08. The first-order valence-corrected chi connectivity index (χ1v) is 6.48. The second kappa shape index (κ2) is 9.79. The van der Waals surface area contributed by atoms with Crippen LogP contribution in [0.15, 0.2) is 0 Å². The van der Waals surface area contributed by atoms with Gasteiger partial charge in [0.05, 0.1) is 13.2 Å². The van der Waals surface area contributed by atoms with Crippen LogP contribution >= 0.6 is 0 Å². The van der Waals surface area contributed by atoms with E-state index in [4.69, 9.17) is 9.47 Å². The van der Waals surface area contributed by atoms with E-state index < -0.39 is 5.79 Å². The lowest BCUT2D eigenvalue weighted by Gasteiger charge is -2.28. The molecular weight excluding hydrogens is 204 g/mol. The molecule has 0 rings (SSSR count). The van der Waals surface area contributed by atoms with Gasteiger partial charge in [0.1, 0.15) is 0 Å². The molecule has 0 aliphatic carbocycles. The van der Waals surface area contributed by atoms with Crippen LogP contribution in [0.1, 0.15) is 59.3 Å². The summed E-state index contributed by atoms with van der Waals surface area (Å²) < 4.78 is 11.2. The molecular formula is C13H26O3. The van der Waals surface area contributed by atoms with Gasteiger partial charge in [-0.1, -0.05) is 40.0 Å². The first-order valence-electron chi connectivity index (χ1n) is 6.48. The predicted octanol–water partition coefficient (Wildman–Crippen LogP) is 3.32. The molecule has 0 bridgehead atoms. The highest BCUT2D eigenvalue weighted by Crippen LogP contribution is 2.19. The zero-order valence-corrected chi connectivity index (χ0v) is 11.0. The molecule has 0 aliphatic heterocycles. The van der Waals surface area contributed by atoms with E-state index in [0.717, 1.165) is 38.4 Å². The van der Waals surface area contributed by atoms with Crippen LogP contribution in [0.2, 0.25) is 0 Å². The fourth-order valence-corrected chi connectivity index (χ4v) is 1.44. The zero-order chi connectivity index (χ0) is 12.3. The molecule has 0 amide bonds. The summed E-state index contributed by atoms with van der Waals surface area (Å²) in [7, 11) is 0. The fourth-order valence-electron chi connectivity index (χ4n) is 1.44. The Balaban J connectivity index is 4.14. The summed E-state index contributed by atoms with van der Waals surface area (Å²) in [5.74, 6) is -0.987. The van der Waals surface area contributed by atoms with Crippen LogP contribution in [0, 0.1) is 0 Å². The summed E-state index contributed by atoms with van der Waals surface area (Å²) in [6, 6.07) is 0. The maximum atomic E-state index is 11.2. The molecule has 3 heteroatoms. The van der Waals surface area contributed by atoms with Crippen LogP contribution < -0.4 is 0 Å². The minimum absolute atomic E-state index is 0.599. The molecule has 0 aromatic heterocycles. The van der Waals surface area contributed by atoms with Gasteiger partial charge in [-0.25, -0.2) is 0 Å². The van der Waals surface area contributed by atoms with Gasteiger partial charge in [0.25, 0.3) is 0 Å². The van der Waals surface area contributed by atoms with Gasteiger partial charge < -0.3 is 9.47 Å². The van der Waals surface area contributed by atoms with E-state index in [9.17, 15) is 4.79 Å². The van der Waals surface area contributed by atoms with Crippen molar-refractivity contribution in [1.82, 2.24) is 0 Å². The Bertz CT molecular complexity index is 159. The van der Waals surface area contributed by atoms with Crippen molar-refractivity contribution in [1.29, 1.82) is 0 Å². The van der Waals surface area contributed by atoms with Crippen molar-refractivity contribution in [2.24, 2.45) is 0 Å². The van der Waals surface area contributed by atoms with Gasteiger partial charge in [-0.15, -0.1) is 0 Å². The maximum absolute atomic E-state index is 11.2. The van der Waals surface area contributed by atoms with Gasteiger partial charge in [0.2, 0.25) is 5.79 Å². The molecule has 0 saturated carbocycles. The molecule has 0 aliphatic rings. The molecule has 0 radical (unpaired) electrons. The van der Waals surface area contributed by atoms with Gasteiger partial charge in [0, 0.05) is 6.42 Å². The van der Waals surface area contributed by atoms with E-state index in [2.05, 4.69) is 13.8 Å².